The van der Waals surface area contributed by atoms with E-state index >= 15 is 0 Å². The third-order valence-corrected chi connectivity index (χ3v) is 3.91. The summed E-state index contributed by atoms with van der Waals surface area (Å²) in [5.74, 6) is 2.93. The summed E-state index contributed by atoms with van der Waals surface area (Å²) in [6.07, 6.45) is 6.46. The Morgan fingerprint density at radius 2 is 2.00 bits per heavy atom. The van der Waals surface area contributed by atoms with Crippen LogP contribution in [0.2, 0.25) is 0 Å². The van der Waals surface area contributed by atoms with E-state index in [0.717, 1.165) is 30.6 Å². The fourth-order valence-electron chi connectivity index (χ4n) is 2.76. The van der Waals surface area contributed by atoms with Gasteiger partial charge < -0.3 is 5.73 Å². The Hall–Kier alpha value is -0.300. The molecule has 0 bridgehead atoms. The molecule has 1 nitrogen and oxygen atoms in total. The molecule has 0 aliphatic heterocycles. The fourth-order valence-corrected chi connectivity index (χ4v) is 2.76. The monoisotopic (exact) mass is 179 g/mol. The number of fused-ring (bicyclic) bond motifs is 1. The summed E-state index contributed by atoms with van der Waals surface area (Å²) in [6.45, 7) is 6.20. The van der Waals surface area contributed by atoms with Crippen LogP contribution in [-0.4, -0.2) is 6.04 Å². The standard InChI is InChI=1S/C12H21N/c1-3-8(2)4-12(13)11-6-9-5-10(9)7-11/h9-12H,2-7,13H2,1H3. The first-order valence-electron chi connectivity index (χ1n) is 5.63. The lowest BCUT2D eigenvalue weighted by Gasteiger charge is -2.21. The van der Waals surface area contributed by atoms with Crippen LogP contribution in [0, 0.1) is 17.8 Å². The van der Waals surface area contributed by atoms with Crippen molar-refractivity contribution in [2.24, 2.45) is 23.5 Å². The Bertz CT molecular complexity index is 199. The summed E-state index contributed by atoms with van der Waals surface area (Å²) in [5, 5.41) is 0. The molecule has 2 N–H and O–H groups in total. The van der Waals surface area contributed by atoms with Crippen LogP contribution in [0.3, 0.4) is 0 Å². The van der Waals surface area contributed by atoms with Gasteiger partial charge in [0.2, 0.25) is 0 Å². The molecule has 0 amide bonds. The van der Waals surface area contributed by atoms with Gasteiger partial charge in [-0.15, -0.1) is 0 Å². The van der Waals surface area contributed by atoms with Crippen LogP contribution >= 0.6 is 0 Å². The van der Waals surface area contributed by atoms with Gasteiger partial charge in [-0.05, 0) is 49.9 Å². The van der Waals surface area contributed by atoms with Crippen LogP contribution in [0.4, 0.5) is 0 Å². The summed E-state index contributed by atoms with van der Waals surface area (Å²) in [6, 6.07) is 0.403. The van der Waals surface area contributed by atoms with Gasteiger partial charge in [0.05, 0.1) is 0 Å². The first-order chi connectivity index (χ1) is 6.20. The summed E-state index contributed by atoms with van der Waals surface area (Å²) in [4.78, 5) is 0. The molecule has 0 saturated heterocycles. The molecule has 2 fully saturated rings. The molecule has 0 aromatic heterocycles. The molecule has 2 rings (SSSR count). The van der Waals surface area contributed by atoms with Gasteiger partial charge in [0.25, 0.3) is 0 Å². The quantitative estimate of drug-likeness (QED) is 0.660. The highest BCUT2D eigenvalue weighted by Gasteiger charge is 2.47. The van der Waals surface area contributed by atoms with E-state index in [2.05, 4.69) is 13.5 Å². The van der Waals surface area contributed by atoms with E-state index in [0.29, 0.717) is 6.04 Å². The Balaban J connectivity index is 1.77. The highest BCUT2D eigenvalue weighted by Crippen LogP contribution is 2.55. The number of hydrogen-bond donors (Lipinski definition) is 1. The molecular formula is C12H21N. The summed E-state index contributed by atoms with van der Waals surface area (Å²) in [7, 11) is 0. The summed E-state index contributed by atoms with van der Waals surface area (Å²) in [5.41, 5.74) is 7.50. The molecule has 2 aliphatic carbocycles. The first-order valence-corrected chi connectivity index (χ1v) is 5.63. The van der Waals surface area contributed by atoms with E-state index in [4.69, 9.17) is 5.73 Å². The minimum atomic E-state index is 0.403. The Morgan fingerprint density at radius 3 is 2.54 bits per heavy atom. The number of hydrogen-bond acceptors (Lipinski definition) is 1. The fraction of sp³-hybridized carbons (Fsp3) is 0.833. The smallest absolute Gasteiger partial charge is 0.0105 e. The van der Waals surface area contributed by atoms with Gasteiger partial charge >= 0.3 is 0 Å². The van der Waals surface area contributed by atoms with Gasteiger partial charge in [0, 0.05) is 6.04 Å². The van der Waals surface area contributed by atoms with Crippen LogP contribution in [0.5, 0.6) is 0 Å². The third-order valence-electron chi connectivity index (χ3n) is 3.91. The van der Waals surface area contributed by atoms with E-state index in [9.17, 15) is 0 Å². The van der Waals surface area contributed by atoms with Crippen molar-refractivity contribution < 1.29 is 0 Å². The molecule has 0 aromatic carbocycles. The summed E-state index contributed by atoms with van der Waals surface area (Å²) >= 11 is 0. The van der Waals surface area contributed by atoms with E-state index < -0.39 is 0 Å². The van der Waals surface area contributed by atoms with Gasteiger partial charge in [0.1, 0.15) is 0 Å². The van der Waals surface area contributed by atoms with Crippen LogP contribution < -0.4 is 5.73 Å². The normalized spacial score (nSPS) is 38.5. The van der Waals surface area contributed by atoms with Crippen molar-refractivity contribution in [1.29, 1.82) is 0 Å². The maximum Gasteiger partial charge on any atom is 0.0105 e. The zero-order chi connectivity index (χ0) is 9.42. The van der Waals surface area contributed by atoms with Gasteiger partial charge in [-0.1, -0.05) is 19.1 Å². The van der Waals surface area contributed by atoms with Gasteiger partial charge in [-0.3, -0.25) is 0 Å². The van der Waals surface area contributed by atoms with E-state index in [1.165, 1.54) is 24.8 Å². The van der Waals surface area contributed by atoms with Crippen molar-refractivity contribution in [3.05, 3.63) is 12.2 Å². The SMILES string of the molecule is C=C(CC)CC(N)C1CC2CC2C1. The van der Waals surface area contributed by atoms with Crippen molar-refractivity contribution in [1.82, 2.24) is 0 Å². The Morgan fingerprint density at radius 1 is 1.38 bits per heavy atom. The number of nitrogens with two attached hydrogens (primary N) is 1. The molecule has 0 aromatic rings. The van der Waals surface area contributed by atoms with Crippen LogP contribution in [0.15, 0.2) is 12.2 Å². The lowest BCUT2D eigenvalue weighted by molar-refractivity contribution is 0.390. The minimum Gasteiger partial charge on any atom is -0.327 e. The van der Waals surface area contributed by atoms with Crippen LogP contribution in [0.25, 0.3) is 0 Å². The molecular weight excluding hydrogens is 158 g/mol. The Kier molecular flexibility index (Phi) is 2.46. The average molecular weight is 179 g/mol. The molecule has 2 aliphatic rings. The van der Waals surface area contributed by atoms with Crippen molar-refractivity contribution in [2.75, 3.05) is 0 Å². The van der Waals surface area contributed by atoms with E-state index in [1.54, 1.807) is 0 Å². The molecule has 1 heteroatoms. The molecule has 74 valence electrons. The average Bonchev–Trinajstić information content (AvgIpc) is 2.73. The third kappa shape index (κ3) is 1.96. The van der Waals surface area contributed by atoms with Crippen molar-refractivity contribution in [3.8, 4) is 0 Å². The van der Waals surface area contributed by atoms with Gasteiger partial charge in [0.15, 0.2) is 0 Å². The predicted octanol–water partition coefficient (Wildman–Crippen LogP) is 2.72. The zero-order valence-corrected chi connectivity index (χ0v) is 8.63. The highest BCUT2D eigenvalue weighted by molar-refractivity contribution is 5.03. The molecule has 0 radical (unpaired) electrons. The Labute approximate surface area is 81.4 Å². The summed E-state index contributed by atoms with van der Waals surface area (Å²) < 4.78 is 0. The highest BCUT2D eigenvalue weighted by atomic mass is 14.7. The largest absolute Gasteiger partial charge is 0.327 e. The van der Waals surface area contributed by atoms with Crippen molar-refractivity contribution >= 4 is 0 Å². The van der Waals surface area contributed by atoms with Crippen molar-refractivity contribution in [2.45, 2.75) is 45.1 Å². The number of rotatable bonds is 4. The maximum absolute atomic E-state index is 6.18. The molecule has 2 saturated carbocycles. The molecule has 3 unspecified atom stereocenters. The lowest BCUT2D eigenvalue weighted by Crippen LogP contribution is -2.29. The van der Waals surface area contributed by atoms with Crippen molar-refractivity contribution in [3.63, 3.8) is 0 Å². The molecule has 0 spiro atoms. The lowest BCUT2D eigenvalue weighted by atomic mass is 9.90. The zero-order valence-electron chi connectivity index (χ0n) is 8.63. The minimum absolute atomic E-state index is 0.403. The predicted molar refractivity (Wildman–Crippen MR) is 56.3 cm³/mol. The molecule has 3 atom stereocenters. The topological polar surface area (TPSA) is 26.0 Å². The molecule has 13 heavy (non-hydrogen) atoms. The molecule has 0 heterocycles. The van der Waals surface area contributed by atoms with Gasteiger partial charge in [-0.2, -0.15) is 0 Å². The van der Waals surface area contributed by atoms with Crippen LogP contribution in [-0.2, 0) is 0 Å². The van der Waals surface area contributed by atoms with E-state index in [-0.39, 0.29) is 0 Å². The second-order valence-electron chi connectivity index (χ2n) is 4.96. The van der Waals surface area contributed by atoms with E-state index in [1.807, 2.05) is 0 Å². The first kappa shape index (κ1) is 9.26. The maximum atomic E-state index is 6.18. The van der Waals surface area contributed by atoms with Gasteiger partial charge in [-0.25, -0.2) is 0 Å². The van der Waals surface area contributed by atoms with Crippen LogP contribution in [0.1, 0.15) is 39.0 Å². The second-order valence-corrected chi connectivity index (χ2v) is 4.96. The second kappa shape index (κ2) is 3.45.